The molecule has 1 fully saturated rings. The standard InChI is InChI=1S/C13H21N3O2/c1-8(12-9(2)16-18-10(12)3)15-13(17)11-5-4-6-14-7-11/h8,11,14H,4-7H2,1-3H3,(H,15,17)/t8?,11-/m1/s1. The third-order valence-corrected chi connectivity index (χ3v) is 3.55. The Morgan fingerprint density at radius 1 is 1.56 bits per heavy atom. The van der Waals surface area contributed by atoms with Gasteiger partial charge in [0.25, 0.3) is 0 Å². The van der Waals surface area contributed by atoms with Crippen LogP contribution in [0.4, 0.5) is 0 Å². The van der Waals surface area contributed by atoms with E-state index >= 15 is 0 Å². The minimum absolute atomic E-state index is 0.0503. The van der Waals surface area contributed by atoms with E-state index in [2.05, 4.69) is 15.8 Å². The molecule has 1 aromatic rings. The van der Waals surface area contributed by atoms with Gasteiger partial charge in [0, 0.05) is 12.1 Å². The van der Waals surface area contributed by atoms with Crippen molar-refractivity contribution in [2.24, 2.45) is 5.92 Å². The minimum Gasteiger partial charge on any atom is -0.361 e. The number of carbonyl (C=O) groups excluding carboxylic acids is 1. The first-order valence-electron chi connectivity index (χ1n) is 6.53. The summed E-state index contributed by atoms with van der Waals surface area (Å²) in [4.78, 5) is 12.1. The van der Waals surface area contributed by atoms with Crippen LogP contribution in [0.2, 0.25) is 0 Å². The summed E-state index contributed by atoms with van der Waals surface area (Å²) in [6, 6.07) is -0.0503. The van der Waals surface area contributed by atoms with Crippen molar-refractivity contribution in [2.75, 3.05) is 13.1 Å². The zero-order valence-electron chi connectivity index (χ0n) is 11.2. The van der Waals surface area contributed by atoms with Gasteiger partial charge < -0.3 is 15.2 Å². The van der Waals surface area contributed by atoms with Crippen LogP contribution in [-0.4, -0.2) is 24.2 Å². The maximum atomic E-state index is 12.1. The Morgan fingerprint density at radius 2 is 2.33 bits per heavy atom. The van der Waals surface area contributed by atoms with E-state index in [1.54, 1.807) is 0 Å². The molecule has 0 saturated carbocycles. The predicted molar refractivity (Wildman–Crippen MR) is 68.1 cm³/mol. The molecule has 1 aromatic heterocycles. The van der Waals surface area contributed by atoms with Crippen LogP contribution in [0.5, 0.6) is 0 Å². The van der Waals surface area contributed by atoms with Gasteiger partial charge in [-0.2, -0.15) is 0 Å². The monoisotopic (exact) mass is 251 g/mol. The first-order chi connectivity index (χ1) is 8.59. The van der Waals surface area contributed by atoms with Crippen molar-refractivity contribution in [3.63, 3.8) is 0 Å². The van der Waals surface area contributed by atoms with Gasteiger partial charge in [0.05, 0.1) is 17.7 Å². The van der Waals surface area contributed by atoms with Crippen molar-refractivity contribution in [2.45, 2.75) is 39.7 Å². The summed E-state index contributed by atoms with van der Waals surface area (Å²) in [6.07, 6.45) is 2.03. The molecular formula is C13H21N3O2. The molecular weight excluding hydrogens is 230 g/mol. The van der Waals surface area contributed by atoms with E-state index in [0.717, 1.165) is 42.9 Å². The van der Waals surface area contributed by atoms with Gasteiger partial charge in [-0.25, -0.2) is 0 Å². The van der Waals surface area contributed by atoms with Crippen LogP contribution in [0.1, 0.15) is 42.8 Å². The summed E-state index contributed by atoms with van der Waals surface area (Å²) >= 11 is 0. The van der Waals surface area contributed by atoms with Crippen LogP contribution >= 0.6 is 0 Å². The van der Waals surface area contributed by atoms with Crippen LogP contribution in [0.15, 0.2) is 4.52 Å². The molecule has 1 saturated heterocycles. The third-order valence-electron chi connectivity index (χ3n) is 3.55. The van der Waals surface area contributed by atoms with Gasteiger partial charge in [-0.15, -0.1) is 0 Å². The number of piperidine rings is 1. The second kappa shape index (κ2) is 5.52. The number of amides is 1. The summed E-state index contributed by atoms with van der Waals surface area (Å²) < 4.78 is 5.13. The lowest BCUT2D eigenvalue weighted by atomic mass is 9.97. The lowest BCUT2D eigenvalue weighted by molar-refractivity contribution is -0.126. The third kappa shape index (κ3) is 2.72. The van der Waals surface area contributed by atoms with Crippen molar-refractivity contribution < 1.29 is 9.32 Å². The number of nitrogens with one attached hydrogen (secondary N) is 2. The van der Waals surface area contributed by atoms with Crippen LogP contribution in [0, 0.1) is 19.8 Å². The SMILES string of the molecule is Cc1noc(C)c1C(C)NC(=O)[C@@H]1CCCNC1. The Balaban J connectivity index is 1.98. The van der Waals surface area contributed by atoms with E-state index in [0.29, 0.717) is 0 Å². The number of carbonyl (C=O) groups is 1. The van der Waals surface area contributed by atoms with E-state index in [1.165, 1.54) is 0 Å². The van der Waals surface area contributed by atoms with Crippen molar-refractivity contribution >= 4 is 5.91 Å². The molecule has 0 aliphatic carbocycles. The topological polar surface area (TPSA) is 67.2 Å². The van der Waals surface area contributed by atoms with Gasteiger partial charge in [-0.1, -0.05) is 5.16 Å². The van der Waals surface area contributed by atoms with Crippen LogP contribution in [-0.2, 0) is 4.79 Å². The molecule has 1 amide bonds. The van der Waals surface area contributed by atoms with E-state index in [4.69, 9.17) is 4.52 Å². The quantitative estimate of drug-likeness (QED) is 0.853. The molecule has 1 unspecified atom stereocenters. The van der Waals surface area contributed by atoms with Crippen LogP contribution in [0.25, 0.3) is 0 Å². The molecule has 2 atom stereocenters. The molecule has 18 heavy (non-hydrogen) atoms. The number of hydrogen-bond acceptors (Lipinski definition) is 4. The van der Waals surface area contributed by atoms with Gasteiger partial charge in [0.15, 0.2) is 0 Å². The van der Waals surface area contributed by atoms with Crippen molar-refractivity contribution in [1.82, 2.24) is 15.8 Å². The van der Waals surface area contributed by atoms with E-state index < -0.39 is 0 Å². The predicted octanol–water partition coefficient (Wildman–Crippen LogP) is 1.47. The minimum atomic E-state index is -0.0503. The molecule has 0 radical (unpaired) electrons. The molecule has 1 aliphatic heterocycles. The van der Waals surface area contributed by atoms with E-state index in [-0.39, 0.29) is 17.9 Å². The van der Waals surface area contributed by atoms with Gasteiger partial charge in [-0.05, 0) is 40.2 Å². The smallest absolute Gasteiger partial charge is 0.224 e. The molecule has 2 N–H and O–H groups in total. The molecule has 2 heterocycles. The first kappa shape index (κ1) is 13.1. The Bertz CT molecular complexity index is 402. The van der Waals surface area contributed by atoms with Gasteiger partial charge >= 0.3 is 0 Å². The fourth-order valence-corrected chi connectivity index (χ4v) is 2.59. The Hall–Kier alpha value is -1.36. The number of rotatable bonds is 3. The molecule has 2 rings (SSSR count). The lowest BCUT2D eigenvalue weighted by Gasteiger charge is -2.24. The molecule has 100 valence electrons. The summed E-state index contributed by atoms with van der Waals surface area (Å²) in [6.45, 7) is 7.54. The highest BCUT2D eigenvalue weighted by molar-refractivity contribution is 5.79. The molecule has 5 nitrogen and oxygen atoms in total. The number of aromatic nitrogens is 1. The zero-order chi connectivity index (χ0) is 13.1. The van der Waals surface area contributed by atoms with Crippen LogP contribution in [0.3, 0.4) is 0 Å². The highest BCUT2D eigenvalue weighted by Crippen LogP contribution is 2.21. The number of hydrogen-bond donors (Lipinski definition) is 2. The summed E-state index contributed by atoms with van der Waals surface area (Å²) in [5.41, 5.74) is 1.84. The Kier molecular flexibility index (Phi) is 4.01. The molecule has 0 bridgehead atoms. The summed E-state index contributed by atoms with van der Waals surface area (Å²) in [5, 5.41) is 10.2. The second-order valence-electron chi connectivity index (χ2n) is 5.01. The van der Waals surface area contributed by atoms with Gasteiger partial charge in [-0.3, -0.25) is 4.79 Å². The van der Waals surface area contributed by atoms with Crippen molar-refractivity contribution in [1.29, 1.82) is 0 Å². The Morgan fingerprint density at radius 3 is 2.89 bits per heavy atom. The molecule has 5 heteroatoms. The van der Waals surface area contributed by atoms with Crippen molar-refractivity contribution in [3.8, 4) is 0 Å². The average Bonchev–Trinajstić information content (AvgIpc) is 2.70. The zero-order valence-corrected chi connectivity index (χ0v) is 11.2. The lowest BCUT2D eigenvalue weighted by Crippen LogP contribution is -2.41. The fraction of sp³-hybridized carbons (Fsp3) is 0.692. The summed E-state index contributed by atoms with van der Waals surface area (Å²) in [7, 11) is 0. The second-order valence-corrected chi connectivity index (χ2v) is 5.01. The molecule has 0 spiro atoms. The van der Waals surface area contributed by atoms with Crippen LogP contribution < -0.4 is 10.6 Å². The normalized spacial score (nSPS) is 21.6. The Labute approximate surface area is 107 Å². The first-order valence-corrected chi connectivity index (χ1v) is 6.53. The molecule has 0 aromatic carbocycles. The average molecular weight is 251 g/mol. The maximum Gasteiger partial charge on any atom is 0.224 e. The van der Waals surface area contributed by atoms with E-state index in [9.17, 15) is 4.79 Å². The van der Waals surface area contributed by atoms with E-state index in [1.807, 2.05) is 20.8 Å². The molecule has 1 aliphatic rings. The highest BCUT2D eigenvalue weighted by atomic mass is 16.5. The van der Waals surface area contributed by atoms with Crippen molar-refractivity contribution in [3.05, 3.63) is 17.0 Å². The fourth-order valence-electron chi connectivity index (χ4n) is 2.59. The van der Waals surface area contributed by atoms with Gasteiger partial charge in [0.2, 0.25) is 5.91 Å². The number of nitrogens with zero attached hydrogens (tertiary/aromatic N) is 1. The highest BCUT2D eigenvalue weighted by Gasteiger charge is 2.24. The van der Waals surface area contributed by atoms with Gasteiger partial charge in [0.1, 0.15) is 5.76 Å². The maximum absolute atomic E-state index is 12.1. The largest absolute Gasteiger partial charge is 0.361 e. The summed E-state index contributed by atoms with van der Waals surface area (Å²) in [5.74, 6) is 0.985. The number of aryl methyl sites for hydroxylation is 2.